The first-order valence-electron chi connectivity index (χ1n) is 7.91. The van der Waals surface area contributed by atoms with Crippen LogP contribution in [0.15, 0.2) is 18.3 Å². The van der Waals surface area contributed by atoms with Crippen molar-refractivity contribution >= 4 is 5.91 Å². The molecule has 1 aromatic heterocycles. The lowest BCUT2D eigenvalue weighted by Gasteiger charge is -2.30. The van der Waals surface area contributed by atoms with Crippen molar-refractivity contribution in [1.82, 2.24) is 14.8 Å². The lowest BCUT2D eigenvalue weighted by Crippen LogP contribution is -2.40. The first-order chi connectivity index (χ1) is 9.76. The van der Waals surface area contributed by atoms with E-state index in [1.807, 2.05) is 22.9 Å². The second-order valence-corrected chi connectivity index (χ2v) is 5.62. The molecule has 1 fully saturated rings. The van der Waals surface area contributed by atoms with E-state index in [4.69, 9.17) is 0 Å². The van der Waals surface area contributed by atoms with Crippen molar-refractivity contribution in [2.75, 3.05) is 26.2 Å². The molecule has 0 bridgehead atoms. The number of nitrogens with zero attached hydrogens (tertiary/aromatic N) is 2. The minimum Gasteiger partial charge on any atom is -0.344 e. The van der Waals surface area contributed by atoms with Crippen LogP contribution in [0, 0.1) is 5.92 Å². The summed E-state index contributed by atoms with van der Waals surface area (Å²) in [6.45, 7) is 9.01. The molecule has 1 saturated heterocycles. The summed E-state index contributed by atoms with van der Waals surface area (Å²) in [4.78, 5) is 14.8. The highest BCUT2D eigenvalue weighted by molar-refractivity contribution is 5.92. The quantitative estimate of drug-likeness (QED) is 0.866. The van der Waals surface area contributed by atoms with E-state index in [0.29, 0.717) is 5.92 Å². The highest BCUT2D eigenvalue weighted by atomic mass is 16.2. The lowest BCUT2D eigenvalue weighted by atomic mass is 9.97. The first-order valence-corrected chi connectivity index (χ1v) is 7.91. The molecule has 0 atom stereocenters. The van der Waals surface area contributed by atoms with Crippen LogP contribution in [0.1, 0.15) is 43.6 Å². The number of hydrogen-bond acceptors (Lipinski definition) is 2. The van der Waals surface area contributed by atoms with Gasteiger partial charge in [0.2, 0.25) is 0 Å². The van der Waals surface area contributed by atoms with E-state index >= 15 is 0 Å². The Balaban J connectivity index is 2.04. The maximum atomic E-state index is 12.7. The van der Waals surface area contributed by atoms with Gasteiger partial charge in [-0.1, -0.05) is 6.92 Å². The van der Waals surface area contributed by atoms with Crippen molar-refractivity contribution in [3.63, 3.8) is 0 Å². The molecule has 1 aromatic rings. The summed E-state index contributed by atoms with van der Waals surface area (Å²) in [6, 6.07) is 3.91. The molecule has 0 aromatic carbocycles. The smallest absolute Gasteiger partial charge is 0.270 e. The Morgan fingerprint density at radius 2 is 2.15 bits per heavy atom. The molecule has 1 aliphatic rings. The monoisotopic (exact) mass is 277 g/mol. The molecule has 4 heteroatoms. The van der Waals surface area contributed by atoms with Crippen LogP contribution in [0.3, 0.4) is 0 Å². The molecule has 0 radical (unpaired) electrons. The number of rotatable bonds is 6. The largest absolute Gasteiger partial charge is 0.344 e. The fraction of sp³-hybridized carbons (Fsp3) is 0.688. The van der Waals surface area contributed by atoms with Gasteiger partial charge in [0.05, 0.1) is 0 Å². The standard InChI is InChI=1S/C16H27N3O/c1-3-11-19(13-14-7-9-17-10-8-14)16(20)15-6-5-12-18(15)4-2/h5-6,12,14,17H,3-4,7-11,13H2,1-2H3. The molecule has 1 amide bonds. The van der Waals surface area contributed by atoms with Gasteiger partial charge < -0.3 is 14.8 Å². The molecule has 20 heavy (non-hydrogen) atoms. The summed E-state index contributed by atoms with van der Waals surface area (Å²) >= 11 is 0. The Hall–Kier alpha value is -1.29. The number of aromatic nitrogens is 1. The summed E-state index contributed by atoms with van der Waals surface area (Å²) in [5.74, 6) is 0.842. The van der Waals surface area contributed by atoms with E-state index < -0.39 is 0 Å². The fourth-order valence-electron chi connectivity index (χ4n) is 2.97. The second-order valence-electron chi connectivity index (χ2n) is 5.62. The Kier molecular flexibility index (Phi) is 5.65. The van der Waals surface area contributed by atoms with Gasteiger partial charge in [-0.2, -0.15) is 0 Å². The minimum atomic E-state index is 0.192. The Bertz CT molecular complexity index is 421. The summed E-state index contributed by atoms with van der Waals surface area (Å²) in [7, 11) is 0. The van der Waals surface area contributed by atoms with Crippen molar-refractivity contribution in [3.05, 3.63) is 24.0 Å². The number of hydrogen-bond donors (Lipinski definition) is 1. The van der Waals surface area contributed by atoms with E-state index in [9.17, 15) is 4.79 Å². The van der Waals surface area contributed by atoms with Crippen LogP contribution in [0.4, 0.5) is 0 Å². The lowest BCUT2D eigenvalue weighted by molar-refractivity contribution is 0.0705. The van der Waals surface area contributed by atoms with Crippen molar-refractivity contribution in [2.24, 2.45) is 5.92 Å². The third-order valence-corrected chi connectivity index (χ3v) is 4.11. The van der Waals surface area contributed by atoms with E-state index in [-0.39, 0.29) is 5.91 Å². The highest BCUT2D eigenvalue weighted by Crippen LogP contribution is 2.16. The molecule has 1 aliphatic heterocycles. The van der Waals surface area contributed by atoms with E-state index in [1.54, 1.807) is 0 Å². The van der Waals surface area contributed by atoms with Crippen molar-refractivity contribution in [3.8, 4) is 0 Å². The van der Waals surface area contributed by atoms with E-state index in [0.717, 1.165) is 44.8 Å². The fourth-order valence-corrected chi connectivity index (χ4v) is 2.97. The van der Waals surface area contributed by atoms with Gasteiger partial charge in [-0.25, -0.2) is 0 Å². The van der Waals surface area contributed by atoms with Gasteiger partial charge >= 0.3 is 0 Å². The van der Waals surface area contributed by atoms with Crippen molar-refractivity contribution in [2.45, 2.75) is 39.7 Å². The highest BCUT2D eigenvalue weighted by Gasteiger charge is 2.22. The molecule has 0 unspecified atom stereocenters. The summed E-state index contributed by atoms with van der Waals surface area (Å²) < 4.78 is 2.04. The normalized spacial score (nSPS) is 16.3. The van der Waals surface area contributed by atoms with Crippen molar-refractivity contribution < 1.29 is 4.79 Å². The van der Waals surface area contributed by atoms with Gasteiger partial charge in [0, 0.05) is 25.8 Å². The van der Waals surface area contributed by atoms with Gasteiger partial charge in [-0.15, -0.1) is 0 Å². The molecule has 0 aliphatic carbocycles. The number of carbonyl (C=O) groups excluding carboxylic acids is 1. The zero-order valence-corrected chi connectivity index (χ0v) is 12.8. The van der Waals surface area contributed by atoms with Crippen LogP contribution in [0.25, 0.3) is 0 Å². The molecule has 2 heterocycles. The molecule has 2 rings (SSSR count). The summed E-state index contributed by atoms with van der Waals surface area (Å²) in [6.07, 6.45) is 5.37. The van der Waals surface area contributed by atoms with Crippen LogP contribution in [-0.4, -0.2) is 41.6 Å². The van der Waals surface area contributed by atoms with Gasteiger partial charge in [-0.05, 0) is 57.3 Å². The molecule has 112 valence electrons. The predicted molar refractivity (Wildman–Crippen MR) is 81.9 cm³/mol. The average molecular weight is 277 g/mol. The number of piperidine rings is 1. The summed E-state index contributed by atoms with van der Waals surface area (Å²) in [5, 5.41) is 3.39. The SMILES string of the molecule is CCCN(CC1CCNCC1)C(=O)c1cccn1CC. The number of carbonyl (C=O) groups is 1. The van der Waals surface area contributed by atoms with Crippen molar-refractivity contribution in [1.29, 1.82) is 0 Å². The zero-order valence-electron chi connectivity index (χ0n) is 12.8. The molecule has 4 nitrogen and oxygen atoms in total. The maximum Gasteiger partial charge on any atom is 0.270 e. The van der Waals surface area contributed by atoms with E-state index in [2.05, 4.69) is 24.1 Å². The molecule has 0 saturated carbocycles. The van der Waals surface area contributed by atoms with Crippen LogP contribution < -0.4 is 5.32 Å². The van der Waals surface area contributed by atoms with Crippen LogP contribution in [0.2, 0.25) is 0 Å². The Morgan fingerprint density at radius 3 is 2.80 bits per heavy atom. The Labute approximate surface area is 122 Å². The third kappa shape index (κ3) is 3.63. The van der Waals surface area contributed by atoms with Gasteiger partial charge in [0.25, 0.3) is 5.91 Å². The first kappa shape index (κ1) is 15.1. The second kappa shape index (κ2) is 7.48. The number of aryl methyl sites for hydroxylation is 1. The summed E-state index contributed by atoms with van der Waals surface area (Å²) in [5.41, 5.74) is 0.829. The van der Waals surface area contributed by atoms with Crippen LogP contribution >= 0.6 is 0 Å². The zero-order chi connectivity index (χ0) is 14.4. The average Bonchev–Trinajstić information content (AvgIpc) is 2.95. The topological polar surface area (TPSA) is 37.3 Å². The Morgan fingerprint density at radius 1 is 1.40 bits per heavy atom. The number of amides is 1. The molecular formula is C16H27N3O. The maximum absolute atomic E-state index is 12.7. The van der Waals surface area contributed by atoms with Crippen LogP contribution in [-0.2, 0) is 6.54 Å². The van der Waals surface area contributed by atoms with Gasteiger partial charge in [0.1, 0.15) is 5.69 Å². The van der Waals surface area contributed by atoms with Crippen LogP contribution in [0.5, 0.6) is 0 Å². The molecular weight excluding hydrogens is 250 g/mol. The number of nitrogens with one attached hydrogen (secondary N) is 1. The van der Waals surface area contributed by atoms with Gasteiger partial charge in [0.15, 0.2) is 0 Å². The molecule has 1 N–H and O–H groups in total. The minimum absolute atomic E-state index is 0.192. The van der Waals surface area contributed by atoms with E-state index in [1.165, 1.54) is 12.8 Å². The van der Waals surface area contributed by atoms with Gasteiger partial charge in [-0.3, -0.25) is 4.79 Å². The predicted octanol–water partition coefficient (Wildman–Crippen LogP) is 2.36. The third-order valence-electron chi connectivity index (χ3n) is 4.11. The molecule has 0 spiro atoms.